The SMILES string of the molecule is NC1CCn2c(cnc2CCO)C1. The van der Waals surface area contributed by atoms with Gasteiger partial charge in [-0.3, -0.25) is 0 Å². The molecule has 3 N–H and O–H groups in total. The molecule has 0 amide bonds. The molecule has 72 valence electrons. The molecule has 1 unspecified atom stereocenters. The highest BCUT2D eigenvalue weighted by molar-refractivity contribution is 5.10. The zero-order valence-electron chi connectivity index (χ0n) is 7.61. The van der Waals surface area contributed by atoms with Gasteiger partial charge >= 0.3 is 0 Å². The molecular weight excluding hydrogens is 166 g/mol. The lowest BCUT2D eigenvalue weighted by molar-refractivity contribution is 0.293. The number of aliphatic hydroxyl groups excluding tert-OH is 1. The Labute approximate surface area is 77.4 Å². The second-order valence-electron chi connectivity index (χ2n) is 3.54. The van der Waals surface area contributed by atoms with Crippen molar-refractivity contribution in [3.63, 3.8) is 0 Å². The van der Waals surface area contributed by atoms with Gasteiger partial charge in [0.2, 0.25) is 0 Å². The minimum absolute atomic E-state index is 0.169. The van der Waals surface area contributed by atoms with Crippen molar-refractivity contribution >= 4 is 0 Å². The summed E-state index contributed by atoms with van der Waals surface area (Å²) < 4.78 is 2.18. The summed E-state index contributed by atoms with van der Waals surface area (Å²) in [5.74, 6) is 0.990. The summed E-state index contributed by atoms with van der Waals surface area (Å²) in [5.41, 5.74) is 7.05. The number of rotatable bonds is 2. The van der Waals surface area contributed by atoms with Gasteiger partial charge in [-0.25, -0.2) is 4.98 Å². The quantitative estimate of drug-likeness (QED) is 0.658. The van der Waals surface area contributed by atoms with Crippen LogP contribution in [0.5, 0.6) is 0 Å². The molecule has 0 aliphatic carbocycles. The molecule has 1 aromatic rings. The third-order valence-corrected chi connectivity index (χ3v) is 2.55. The van der Waals surface area contributed by atoms with Gasteiger partial charge in [0.1, 0.15) is 5.82 Å². The summed E-state index contributed by atoms with van der Waals surface area (Å²) in [7, 11) is 0. The first kappa shape index (κ1) is 8.72. The smallest absolute Gasteiger partial charge is 0.111 e. The maximum Gasteiger partial charge on any atom is 0.111 e. The minimum Gasteiger partial charge on any atom is -0.396 e. The molecule has 0 saturated heterocycles. The molecule has 1 aromatic heterocycles. The maximum atomic E-state index is 8.81. The molecule has 0 saturated carbocycles. The van der Waals surface area contributed by atoms with Crippen molar-refractivity contribution in [2.45, 2.75) is 31.8 Å². The fourth-order valence-corrected chi connectivity index (χ4v) is 1.85. The van der Waals surface area contributed by atoms with Gasteiger partial charge in [0.05, 0.1) is 6.61 Å². The number of aliphatic hydroxyl groups is 1. The number of imidazole rings is 1. The van der Waals surface area contributed by atoms with Gasteiger partial charge in [-0.15, -0.1) is 0 Å². The van der Waals surface area contributed by atoms with E-state index in [0.29, 0.717) is 6.42 Å². The van der Waals surface area contributed by atoms with E-state index in [1.54, 1.807) is 0 Å². The predicted octanol–water partition coefficient (Wildman–Crippen LogP) is -0.309. The number of fused-ring (bicyclic) bond motifs is 1. The summed E-state index contributed by atoms with van der Waals surface area (Å²) in [6, 6.07) is 0.283. The van der Waals surface area contributed by atoms with Gasteiger partial charge in [0.15, 0.2) is 0 Å². The number of nitrogens with zero attached hydrogens (tertiary/aromatic N) is 2. The van der Waals surface area contributed by atoms with E-state index in [1.165, 1.54) is 5.69 Å². The van der Waals surface area contributed by atoms with E-state index >= 15 is 0 Å². The van der Waals surface area contributed by atoms with E-state index in [1.807, 2.05) is 6.20 Å². The lowest BCUT2D eigenvalue weighted by Crippen LogP contribution is -2.31. The van der Waals surface area contributed by atoms with Crippen LogP contribution in [0.25, 0.3) is 0 Å². The van der Waals surface area contributed by atoms with E-state index in [9.17, 15) is 0 Å². The van der Waals surface area contributed by atoms with Gasteiger partial charge in [-0.1, -0.05) is 0 Å². The number of nitrogens with two attached hydrogens (primary N) is 1. The average Bonchev–Trinajstić information content (AvgIpc) is 2.49. The highest BCUT2D eigenvalue weighted by Gasteiger charge is 2.17. The van der Waals surface area contributed by atoms with Gasteiger partial charge in [-0.2, -0.15) is 0 Å². The van der Waals surface area contributed by atoms with Crippen molar-refractivity contribution in [2.75, 3.05) is 6.61 Å². The van der Waals surface area contributed by atoms with Crippen molar-refractivity contribution in [3.8, 4) is 0 Å². The van der Waals surface area contributed by atoms with Crippen LogP contribution in [0.4, 0.5) is 0 Å². The summed E-state index contributed by atoms with van der Waals surface area (Å²) in [5, 5.41) is 8.81. The number of hydrogen-bond donors (Lipinski definition) is 2. The van der Waals surface area contributed by atoms with Gasteiger partial charge < -0.3 is 15.4 Å². The van der Waals surface area contributed by atoms with Crippen molar-refractivity contribution in [1.82, 2.24) is 9.55 Å². The van der Waals surface area contributed by atoms with Crippen LogP contribution in [-0.4, -0.2) is 27.3 Å². The van der Waals surface area contributed by atoms with E-state index in [4.69, 9.17) is 10.8 Å². The average molecular weight is 181 g/mol. The molecule has 2 rings (SSSR count). The number of hydrogen-bond acceptors (Lipinski definition) is 3. The molecule has 4 heteroatoms. The topological polar surface area (TPSA) is 64.1 Å². The van der Waals surface area contributed by atoms with Crippen LogP contribution in [0.2, 0.25) is 0 Å². The Morgan fingerprint density at radius 2 is 2.54 bits per heavy atom. The summed E-state index contributed by atoms with van der Waals surface area (Å²) in [6.45, 7) is 1.12. The molecule has 0 radical (unpaired) electrons. The number of aromatic nitrogens is 2. The largest absolute Gasteiger partial charge is 0.396 e. The first-order valence-electron chi connectivity index (χ1n) is 4.71. The van der Waals surface area contributed by atoms with Gasteiger partial charge in [0.25, 0.3) is 0 Å². The van der Waals surface area contributed by atoms with E-state index in [2.05, 4.69) is 9.55 Å². The van der Waals surface area contributed by atoms with Crippen LogP contribution >= 0.6 is 0 Å². The van der Waals surface area contributed by atoms with Crippen molar-refractivity contribution in [3.05, 3.63) is 17.7 Å². The van der Waals surface area contributed by atoms with Crippen molar-refractivity contribution in [1.29, 1.82) is 0 Å². The molecule has 1 aliphatic heterocycles. The third-order valence-electron chi connectivity index (χ3n) is 2.55. The molecule has 1 atom stereocenters. The Kier molecular flexibility index (Phi) is 2.33. The Morgan fingerprint density at radius 3 is 3.31 bits per heavy atom. The molecule has 0 aromatic carbocycles. The lowest BCUT2D eigenvalue weighted by atomic mass is 10.1. The molecule has 0 bridgehead atoms. The fraction of sp³-hybridized carbons (Fsp3) is 0.667. The Hall–Kier alpha value is -0.870. The zero-order chi connectivity index (χ0) is 9.26. The maximum absolute atomic E-state index is 8.81. The first-order chi connectivity index (χ1) is 6.31. The van der Waals surface area contributed by atoms with Crippen LogP contribution in [0.1, 0.15) is 17.9 Å². The first-order valence-corrected chi connectivity index (χ1v) is 4.71. The highest BCUT2D eigenvalue weighted by Crippen LogP contribution is 2.16. The van der Waals surface area contributed by atoms with Crippen LogP contribution in [0.15, 0.2) is 6.20 Å². The van der Waals surface area contributed by atoms with E-state index in [0.717, 1.165) is 25.2 Å². The minimum atomic E-state index is 0.169. The van der Waals surface area contributed by atoms with E-state index < -0.39 is 0 Å². The normalized spacial score (nSPS) is 21.5. The Morgan fingerprint density at radius 1 is 1.69 bits per heavy atom. The molecule has 2 heterocycles. The van der Waals surface area contributed by atoms with Crippen LogP contribution in [0.3, 0.4) is 0 Å². The Bertz CT molecular complexity index is 282. The van der Waals surface area contributed by atoms with Crippen LogP contribution in [-0.2, 0) is 19.4 Å². The van der Waals surface area contributed by atoms with Crippen molar-refractivity contribution < 1.29 is 5.11 Å². The fourth-order valence-electron chi connectivity index (χ4n) is 1.85. The summed E-state index contributed by atoms with van der Waals surface area (Å²) in [4.78, 5) is 4.27. The molecule has 0 fully saturated rings. The predicted molar refractivity (Wildman–Crippen MR) is 49.3 cm³/mol. The zero-order valence-corrected chi connectivity index (χ0v) is 7.61. The van der Waals surface area contributed by atoms with E-state index in [-0.39, 0.29) is 12.6 Å². The second-order valence-corrected chi connectivity index (χ2v) is 3.54. The highest BCUT2D eigenvalue weighted by atomic mass is 16.3. The molecule has 4 nitrogen and oxygen atoms in total. The van der Waals surface area contributed by atoms with Crippen LogP contribution in [0, 0.1) is 0 Å². The lowest BCUT2D eigenvalue weighted by Gasteiger charge is -2.21. The third kappa shape index (κ3) is 1.59. The monoisotopic (exact) mass is 181 g/mol. The summed E-state index contributed by atoms with van der Waals surface area (Å²) >= 11 is 0. The molecule has 0 spiro atoms. The van der Waals surface area contributed by atoms with Gasteiger partial charge in [0, 0.05) is 37.3 Å². The molecule has 1 aliphatic rings. The van der Waals surface area contributed by atoms with Gasteiger partial charge in [-0.05, 0) is 6.42 Å². The van der Waals surface area contributed by atoms with Crippen LogP contribution < -0.4 is 5.73 Å². The summed E-state index contributed by atoms with van der Waals surface area (Å²) in [6.07, 6.45) is 4.46. The standard InChI is InChI=1S/C9H15N3O/c10-7-1-3-12-8(5-7)6-11-9(12)2-4-13/h6-7,13H,1-5,10H2. The molecular formula is C9H15N3O. The Balaban J connectivity index is 2.23. The van der Waals surface area contributed by atoms with Crippen molar-refractivity contribution in [2.24, 2.45) is 5.73 Å². The second kappa shape index (κ2) is 3.47. The molecule has 13 heavy (non-hydrogen) atoms.